The standard InChI is InChI=1S/C18H29N3O4S/c1-5-26(23,24)21-8-6-7-13(21)17-16-14(20(19-17)9-10-25-4)11-18(2,3)12-15(16)22/h13H,5-12H2,1-4H3/t13-/m1/s1. The highest BCUT2D eigenvalue weighted by atomic mass is 32.2. The van der Waals surface area contributed by atoms with Crippen LogP contribution in [0.4, 0.5) is 0 Å². The van der Waals surface area contributed by atoms with Crippen LogP contribution < -0.4 is 0 Å². The minimum Gasteiger partial charge on any atom is -0.383 e. The number of hydrogen-bond donors (Lipinski definition) is 0. The average molecular weight is 384 g/mol. The topological polar surface area (TPSA) is 81.5 Å². The Morgan fingerprint density at radius 3 is 2.69 bits per heavy atom. The number of rotatable bonds is 6. The third kappa shape index (κ3) is 3.46. The summed E-state index contributed by atoms with van der Waals surface area (Å²) in [5.74, 6) is 0.146. The molecule has 7 nitrogen and oxygen atoms in total. The van der Waals surface area contributed by atoms with E-state index in [1.165, 1.54) is 0 Å². The summed E-state index contributed by atoms with van der Waals surface area (Å²) in [7, 11) is -1.68. The molecule has 0 aromatic carbocycles. The van der Waals surface area contributed by atoms with E-state index in [0.29, 0.717) is 43.8 Å². The van der Waals surface area contributed by atoms with Crippen LogP contribution in [0.5, 0.6) is 0 Å². The normalized spacial score (nSPS) is 23.4. The summed E-state index contributed by atoms with van der Waals surface area (Å²) in [4.78, 5) is 12.9. The molecular weight excluding hydrogens is 354 g/mol. The number of ether oxygens (including phenoxy) is 1. The molecule has 3 rings (SSSR count). The molecule has 0 N–H and O–H groups in total. The van der Waals surface area contributed by atoms with Crippen molar-refractivity contribution in [3.8, 4) is 0 Å². The molecule has 1 fully saturated rings. The summed E-state index contributed by atoms with van der Waals surface area (Å²) in [6.45, 7) is 7.40. The quantitative estimate of drug-likeness (QED) is 0.752. The molecule has 1 atom stereocenters. The van der Waals surface area contributed by atoms with Crippen molar-refractivity contribution in [3.63, 3.8) is 0 Å². The number of fused-ring (bicyclic) bond motifs is 1. The van der Waals surface area contributed by atoms with Crippen molar-refractivity contribution < 1.29 is 17.9 Å². The Morgan fingerprint density at radius 1 is 1.31 bits per heavy atom. The van der Waals surface area contributed by atoms with Gasteiger partial charge in [-0.25, -0.2) is 8.42 Å². The maximum atomic E-state index is 12.9. The van der Waals surface area contributed by atoms with Gasteiger partial charge in [0, 0.05) is 20.1 Å². The Labute approximate surface area is 155 Å². The molecule has 1 aromatic rings. The summed E-state index contributed by atoms with van der Waals surface area (Å²) < 4.78 is 33.6. The van der Waals surface area contributed by atoms with Gasteiger partial charge in [0.2, 0.25) is 10.0 Å². The van der Waals surface area contributed by atoms with Crippen molar-refractivity contribution in [3.05, 3.63) is 17.0 Å². The van der Waals surface area contributed by atoms with Crippen molar-refractivity contribution in [2.45, 2.75) is 59.0 Å². The van der Waals surface area contributed by atoms with Gasteiger partial charge < -0.3 is 4.74 Å². The number of nitrogens with zero attached hydrogens (tertiary/aromatic N) is 3. The molecule has 1 aliphatic carbocycles. The first-order valence-corrected chi connectivity index (χ1v) is 10.9. The molecule has 1 aromatic heterocycles. The molecule has 2 heterocycles. The van der Waals surface area contributed by atoms with E-state index in [0.717, 1.165) is 18.5 Å². The second-order valence-corrected chi connectivity index (χ2v) is 10.2. The minimum absolute atomic E-state index is 0.0665. The van der Waals surface area contributed by atoms with E-state index in [1.54, 1.807) is 18.3 Å². The third-order valence-electron chi connectivity index (χ3n) is 5.40. The first-order chi connectivity index (χ1) is 12.2. The van der Waals surface area contributed by atoms with Gasteiger partial charge in [0.15, 0.2) is 5.78 Å². The van der Waals surface area contributed by atoms with Crippen LogP contribution in [0, 0.1) is 5.41 Å². The van der Waals surface area contributed by atoms with Crippen LogP contribution in [0.1, 0.15) is 67.8 Å². The van der Waals surface area contributed by atoms with Gasteiger partial charge >= 0.3 is 0 Å². The predicted molar refractivity (Wildman–Crippen MR) is 98.7 cm³/mol. The molecule has 0 saturated carbocycles. The molecule has 1 saturated heterocycles. The highest BCUT2D eigenvalue weighted by Gasteiger charge is 2.42. The minimum atomic E-state index is -3.32. The van der Waals surface area contributed by atoms with Gasteiger partial charge in [-0.2, -0.15) is 9.40 Å². The number of ketones is 1. The Hall–Kier alpha value is -1.25. The fourth-order valence-corrected chi connectivity index (χ4v) is 5.48. The van der Waals surface area contributed by atoms with Crippen LogP contribution in [0.2, 0.25) is 0 Å². The predicted octanol–water partition coefficient (Wildman–Crippen LogP) is 2.17. The second kappa shape index (κ2) is 7.05. The summed E-state index contributed by atoms with van der Waals surface area (Å²) in [5, 5.41) is 4.74. The maximum Gasteiger partial charge on any atom is 0.214 e. The molecule has 2 aliphatic rings. The van der Waals surface area contributed by atoms with Crippen LogP contribution in [-0.2, 0) is 27.7 Å². The molecule has 0 amide bonds. The summed E-state index contributed by atoms with van der Waals surface area (Å²) >= 11 is 0. The van der Waals surface area contributed by atoms with E-state index in [9.17, 15) is 13.2 Å². The van der Waals surface area contributed by atoms with Crippen molar-refractivity contribution >= 4 is 15.8 Å². The molecular formula is C18H29N3O4S. The third-order valence-corrected chi connectivity index (χ3v) is 7.28. The molecule has 146 valence electrons. The van der Waals surface area contributed by atoms with Gasteiger partial charge in [-0.3, -0.25) is 9.48 Å². The molecule has 0 unspecified atom stereocenters. The van der Waals surface area contributed by atoms with Gasteiger partial charge in [-0.15, -0.1) is 0 Å². The fourth-order valence-electron chi connectivity index (χ4n) is 4.15. The molecule has 26 heavy (non-hydrogen) atoms. The van der Waals surface area contributed by atoms with Gasteiger partial charge in [-0.05, 0) is 31.6 Å². The summed E-state index contributed by atoms with van der Waals surface area (Å²) in [5.41, 5.74) is 2.12. The number of hydrogen-bond acceptors (Lipinski definition) is 5. The summed E-state index contributed by atoms with van der Waals surface area (Å²) in [6.07, 6.45) is 2.74. The summed E-state index contributed by atoms with van der Waals surface area (Å²) in [6, 6.07) is -0.331. The Morgan fingerprint density at radius 2 is 2.04 bits per heavy atom. The van der Waals surface area contributed by atoms with Crippen LogP contribution >= 0.6 is 0 Å². The zero-order valence-electron chi connectivity index (χ0n) is 16.1. The van der Waals surface area contributed by atoms with Crippen LogP contribution in [0.15, 0.2) is 0 Å². The molecule has 1 aliphatic heterocycles. The average Bonchev–Trinajstić information content (AvgIpc) is 3.16. The van der Waals surface area contributed by atoms with Crippen LogP contribution in [0.3, 0.4) is 0 Å². The first kappa shape index (κ1) is 19.5. The van der Waals surface area contributed by atoms with E-state index in [1.807, 2.05) is 4.68 Å². The van der Waals surface area contributed by atoms with Gasteiger partial charge in [-0.1, -0.05) is 13.8 Å². The van der Waals surface area contributed by atoms with E-state index in [-0.39, 0.29) is 23.0 Å². The lowest BCUT2D eigenvalue weighted by molar-refractivity contribution is 0.0906. The lowest BCUT2D eigenvalue weighted by atomic mass is 9.75. The SMILES string of the molecule is CCS(=O)(=O)N1CCC[C@@H]1c1nn(CCOC)c2c1C(=O)CC(C)(C)C2. The lowest BCUT2D eigenvalue weighted by Crippen LogP contribution is -2.33. The molecule has 0 radical (unpaired) electrons. The number of Topliss-reactive ketones (excluding diaryl/α,β-unsaturated/α-hetero) is 1. The van der Waals surface area contributed by atoms with Gasteiger partial charge in [0.1, 0.15) is 0 Å². The lowest BCUT2D eigenvalue weighted by Gasteiger charge is -2.30. The number of carbonyl (C=O) groups is 1. The van der Waals surface area contributed by atoms with Gasteiger partial charge in [0.25, 0.3) is 0 Å². The molecule has 0 spiro atoms. The fraction of sp³-hybridized carbons (Fsp3) is 0.778. The number of methoxy groups -OCH3 is 1. The first-order valence-electron chi connectivity index (χ1n) is 9.31. The zero-order valence-corrected chi connectivity index (χ0v) is 16.9. The second-order valence-electron chi connectivity index (χ2n) is 8.03. The van der Waals surface area contributed by atoms with Crippen molar-refractivity contribution in [1.29, 1.82) is 0 Å². The smallest absolute Gasteiger partial charge is 0.214 e. The number of aromatic nitrogens is 2. The van der Waals surface area contributed by atoms with Crippen molar-refractivity contribution in [2.24, 2.45) is 5.41 Å². The van der Waals surface area contributed by atoms with E-state index < -0.39 is 10.0 Å². The van der Waals surface area contributed by atoms with E-state index in [4.69, 9.17) is 9.84 Å². The molecule has 0 bridgehead atoms. The van der Waals surface area contributed by atoms with Crippen molar-refractivity contribution in [2.75, 3.05) is 26.0 Å². The number of carbonyl (C=O) groups excluding carboxylic acids is 1. The van der Waals surface area contributed by atoms with E-state index >= 15 is 0 Å². The highest BCUT2D eigenvalue weighted by Crippen LogP contribution is 2.42. The van der Waals surface area contributed by atoms with Crippen molar-refractivity contribution in [1.82, 2.24) is 14.1 Å². The monoisotopic (exact) mass is 383 g/mol. The molecule has 8 heteroatoms. The number of sulfonamides is 1. The van der Waals surface area contributed by atoms with Crippen LogP contribution in [-0.4, -0.2) is 54.3 Å². The highest BCUT2D eigenvalue weighted by molar-refractivity contribution is 7.89. The largest absolute Gasteiger partial charge is 0.383 e. The maximum absolute atomic E-state index is 12.9. The van der Waals surface area contributed by atoms with Crippen LogP contribution in [0.25, 0.3) is 0 Å². The zero-order chi connectivity index (χ0) is 19.1. The Kier molecular flexibility index (Phi) is 5.29. The Balaban J connectivity index is 2.08. The van der Waals surface area contributed by atoms with E-state index in [2.05, 4.69) is 13.8 Å². The Bertz CT molecular complexity index is 798. The van der Waals surface area contributed by atoms with Gasteiger partial charge in [0.05, 0.1) is 41.9 Å².